The number of carbonyl (C=O) groups excluding carboxylic acids is 1. The van der Waals surface area contributed by atoms with Crippen molar-refractivity contribution in [2.75, 3.05) is 37.9 Å². The highest BCUT2D eigenvalue weighted by atomic mass is 16.3. The zero-order valence-electron chi connectivity index (χ0n) is 12.9. The minimum Gasteiger partial charge on any atom is -0.399 e. The molecular weight excluding hydrogens is 266 g/mol. The normalized spacial score (nSPS) is 18.6. The lowest BCUT2D eigenvalue weighted by Crippen LogP contribution is -2.41. The van der Waals surface area contributed by atoms with Gasteiger partial charge in [0.25, 0.3) is 5.91 Å². The number of carbonyl (C=O) groups is 1. The monoisotopic (exact) mass is 291 g/mol. The molecule has 0 spiro atoms. The highest BCUT2D eigenvalue weighted by molar-refractivity contribution is 6.00. The third kappa shape index (κ3) is 3.47. The van der Waals surface area contributed by atoms with E-state index < -0.39 is 0 Å². The van der Waals surface area contributed by atoms with E-state index in [-0.39, 0.29) is 18.6 Å². The maximum absolute atomic E-state index is 12.4. The summed E-state index contributed by atoms with van der Waals surface area (Å²) in [7, 11) is 3.51. The first-order valence-electron chi connectivity index (χ1n) is 7.53. The molecule has 1 saturated heterocycles. The molecule has 116 valence electrons. The van der Waals surface area contributed by atoms with Crippen molar-refractivity contribution in [2.45, 2.75) is 31.7 Å². The lowest BCUT2D eigenvalue weighted by atomic mass is 9.97. The molecule has 1 aliphatic heterocycles. The van der Waals surface area contributed by atoms with Crippen LogP contribution < -0.4 is 10.6 Å². The summed E-state index contributed by atoms with van der Waals surface area (Å²) in [5.41, 5.74) is 8.16. The number of hydrogen-bond acceptors (Lipinski definition) is 4. The Labute approximate surface area is 126 Å². The van der Waals surface area contributed by atoms with E-state index >= 15 is 0 Å². The Morgan fingerprint density at radius 1 is 1.43 bits per heavy atom. The Morgan fingerprint density at radius 3 is 2.86 bits per heavy atom. The van der Waals surface area contributed by atoms with Gasteiger partial charge < -0.3 is 20.6 Å². The van der Waals surface area contributed by atoms with Gasteiger partial charge in [-0.1, -0.05) is 0 Å². The molecule has 0 aromatic heterocycles. The quantitative estimate of drug-likeness (QED) is 0.829. The van der Waals surface area contributed by atoms with Crippen molar-refractivity contribution < 1.29 is 9.90 Å². The van der Waals surface area contributed by atoms with Crippen LogP contribution in [0, 0.1) is 0 Å². The van der Waals surface area contributed by atoms with Crippen molar-refractivity contribution in [3.8, 4) is 0 Å². The van der Waals surface area contributed by atoms with Gasteiger partial charge in [0.05, 0.1) is 11.3 Å². The molecule has 5 heteroatoms. The summed E-state index contributed by atoms with van der Waals surface area (Å²) in [4.78, 5) is 16.2. The van der Waals surface area contributed by atoms with E-state index in [0.717, 1.165) is 31.5 Å². The van der Waals surface area contributed by atoms with Crippen LogP contribution in [0.25, 0.3) is 0 Å². The summed E-state index contributed by atoms with van der Waals surface area (Å²) in [6, 6.07) is 5.73. The second kappa shape index (κ2) is 6.80. The van der Waals surface area contributed by atoms with E-state index in [1.165, 1.54) is 6.42 Å². The van der Waals surface area contributed by atoms with Crippen LogP contribution in [0.3, 0.4) is 0 Å². The van der Waals surface area contributed by atoms with Gasteiger partial charge in [0.15, 0.2) is 0 Å². The summed E-state index contributed by atoms with van der Waals surface area (Å²) < 4.78 is 0. The molecule has 5 nitrogen and oxygen atoms in total. The molecule has 0 saturated carbocycles. The molecule has 1 atom stereocenters. The van der Waals surface area contributed by atoms with Crippen molar-refractivity contribution in [1.82, 2.24) is 4.90 Å². The number of nitrogens with two attached hydrogens (primary N) is 1. The summed E-state index contributed by atoms with van der Waals surface area (Å²) in [6.07, 6.45) is 4.04. The van der Waals surface area contributed by atoms with Crippen molar-refractivity contribution >= 4 is 17.3 Å². The number of rotatable bonds is 4. The predicted molar refractivity (Wildman–Crippen MR) is 85.6 cm³/mol. The number of piperidine rings is 1. The Hall–Kier alpha value is -1.75. The first-order valence-corrected chi connectivity index (χ1v) is 7.53. The summed E-state index contributed by atoms with van der Waals surface area (Å²) >= 11 is 0. The fourth-order valence-electron chi connectivity index (χ4n) is 2.97. The second-order valence-corrected chi connectivity index (χ2v) is 5.83. The molecule has 1 aromatic carbocycles. The maximum Gasteiger partial charge on any atom is 0.255 e. The molecule has 1 aliphatic rings. The van der Waals surface area contributed by atoms with E-state index in [1.807, 2.05) is 6.07 Å². The van der Waals surface area contributed by atoms with Gasteiger partial charge in [0, 0.05) is 39.0 Å². The predicted octanol–water partition coefficient (Wildman–Crippen LogP) is 1.71. The highest BCUT2D eigenvalue weighted by Crippen LogP contribution is 2.31. The second-order valence-electron chi connectivity index (χ2n) is 5.83. The molecule has 1 heterocycles. The molecule has 1 fully saturated rings. The number of anilines is 2. The van der Waals surface area contributed by atoms with E-state index in [9.17, 15) is 9.90 Å². The number of nitrogen functional groups attached to an aromatic ring is 1. The average molecular weight is 291 g/mol. The van der Waals surface area contributed by atoms with Crippen LogP contribution in [0.4, 0.5) is 11.4 Å². The fourth-order valence-corrected chi connectivity index (χ4v) is 2.97. The standard InChI is InChI=1S/C16H25N3O2/c1-18(2)16(21)14-7-6-12(17)11-15(14)19-9-4-3-5-13(19)8-10-20/h6-7,11,13,20H,3-5,8-10,17H2,1-2H3. The van der Waals surface area contributed by atoms with Crippen LogP contribution in [0.1, 0.15) is 36.0 Å². The largest absolute Gasteiger partial charge is 0.399 e. The summed E-state index contributed by atoms with van der Waals surface area (Å²) in [6.45, 7) is 1.07. The van der Waals surface area contributed by atoms with Crippen molar-refractivity contribution in [1.29, 1.82) is 0 Å². The minimum absolute atomic E-state index is 0.0154. The smallest absolute Gasteiger partial charge is 0.255 e. The average Bonchev–Trinajstić information content (AvgIpc) is 2.47. The molecule has 21 heavy (non-hydrogen) atoms. The molecule has 0 aliphatic carbocycles. The Morgan fingerprint density at radius 2 is 2.19 bits per heavy atom. The van der Waals surface area contributed by atoms with Crippen LogP contribution >= 0.6 is 0 Å². The molecule has 3 N–H and O–H groups in total. The lowest BCUT2D eigenvalue weighted by molar-refractivity contribution is 0.0828. The number of benzene rings is 1. The Balaban J connectivity index is 2.40. The van der Waals surface area contributed by atoms with Crippen LogP contribution in [0.2, 0.25) is 0 Å². The number of amides is 1. The first-order chi connectivity index (χ1) is 10.0. The molecular formula is C16H25N3O2. The third-order valence-electron chi connectivity index (χ3n) is 4.06. The van der Waals surface area contributed by atoms with Crippen LogP contribution in [0.15, 0.2) is 18.2 Å². The zero-order chi connectivity index (χ0) is 15.4. The molecule has 0 bridgehead atoms. The van der Waals surface area contributed by atoms with Gasteiger partial charge in [-0.15, -0.1) is 0 Å². The van der Waals surface area contributed by atoms with Gasteiger partial charge in [-0.25, -0.2) is 0 Å². The molecule has 1 unspecified atom stereocenters. The zero-order valence-corrected chi connectivity index (χ0v) is 12.9. The van der Waals surface area contributed by atoms with Gasteiger partial charge in [-0.05, 0) is 43.9 Å². The maximum atomic E-state index is 12.4. The minimum atomic E-state index is -0.0154. The Bertz CT molecular complexity index is 500. The van der Waals surface area contributed by atoms with Crippen molar-refractivity contribution in [3.05, 3.63) is 23.8 Å². The van der Waals surface area contributed by atoms with Crippen molar-refractivity contribution in [2.24, 2.45) is 0 Å². The van der Waals surface area contributed by atoms with E-state index in [0.29, 0.717) is 11.3 Å². The summed E-state index contributed by atoms with van der Waals surface area (Å²) in [5.74, 6) is -0.0154. The topological polar surface area (TPSA) is 69.8 Å². The number of hydrogen-bond donors (Lipinski definition) is 2. The van der Waals surface area contributed by atoms with Gasteiger partial charge in [0.1, 0.15) is 0 Å². The molecule has 1 aromatic rings. The SMILES string of the molecule is CN(C)C(=O)c1ccc(N)cc1N1CCCCC1CCO. The first kappa shape index (κ1) is 15.6. The van der Waals surface area contributed by atoms with Crippen LogP contribution in [-0.4, -0.2) is 49.2 Å². The molecule has 0 radical (unpaired) electrons. The fraction of sp³-hybridized carbons (Fsp3) is 0.562. The van der Waals surface area contributed by atoms with Gasteiger partial charge in [-0.3, -0.25) is 4.79 Å². The summed E-state index contributed by atoms with van der Waals surface area (Å²) in [5, 5.41) is 9.28. The van der Waals surface area contributed by atoms with Gasteiger partial charge in [0.2, 0.25) is 0 Å². The van der Waals surface area contributed by atoms with E-state index in [2.05, 4.69) is 4.90 Å². The van der Waals surface area contributed by atoms with Crippen LogP contribution in [0.5, 0.6) is 0 Å². The lowest BCUT2D eigenvalue weighted by Gasteiger charge is -2.38. The Kier molecular flexibility index (Phi) is 5.07. The van der Waals surface area contributed by atoms with Gasteiger partial charge in [-0.2, -0.15) is 0 Å². The van der Waals surface area contributed by atoms with E-state index in [4.69, 9.17) is 5.73 Å². The van der Waals surface area contributed by atoms with Crippen molar-refractivity contribution in [3.63, 3.8) is 0 Å². The van der Waals surface area contributed by atoms with Gasteiger partial charge >= 0.3 is 0 Å². The van der Waals surface area contributed by atoms with Crippen LogP contribution in [-0.2, 0) is 0 Å². The molecule has 1 amide bonds. The molecule has 2 rings (SSSR count). The highest BCUT2D eigenvalue weighted by Gasteiger charge is 2.26. The number of aliphatic hydroxyl groups is 1. The number of nitrogens with zero attached hydrogens (tertiary/aromatic N) is 2. The van der Waals surface area contributed by atoms with E-state index in [1.54, 1.807) is 31.1 Å². The third-order valence-corrected chi connectivity index (χ3v) is 4.06. The number of aliphatic hydroxyl groups excluding tert-OH is 1.